The minimum absolute atomic E-state index is 0.540. The van der Waals surface area contributed by atoms with Gasteiger partial charge in [0.2, 0.25) is 0 Å². The zero-order chi connectivity index (χ0) is 32.2. The van der Waals surface area contributed by atoms with Gasteiger partial charge in [-0.05, 0) is 65.7 Å². The summed E-state index contributed by atoms with van der Waals surface area (Å²) in [5, 5.41) is 25.3. The maximum Gasteiger partial charge on any atom is 0.0998 e. The van der Waals surface area contributed by atoms with E-state index < -0.39 is 0 Å². The first-order valence-corrected chi connectivity index (χ1v) is 15.9. The molecule has 0 atom stereocenters. The Labute approximate surface area is 277 Å². The highest BCUT2D eigenvalue weighted by Gasteiger charge is 2.20. The van der Waals surface area contributed by atoms with Gasteiger partial charge in [0.05, 0.1) is 51.0 Å². The second-order valence-corrected chi connectivity index (χ2v) is 12.0. The molecule has 0 fully saturated rings. The summed E-state index contributed by atoms with van der Waals surface area (Å²) in [6, 6.07) is 58.8. The van der Waals surface area contributed by atoms with Gasteiger partial charge in [0, 0.05) is 38.4 Å². The van der Waals surface area contributed by atoms with Crippen LogP contribution in [0.15, 0.2) is 158 Å². The third-order valence-corrected chi connectivity index (χ3v) is 9.42. The Morgan fingerprint density at radius 1 is 0.375 bits per heavy atom. The largest absolute Gasteiger partial charge is 0.309 e. The molecule has 0 unspecified atom stereocenters. The zero-order valence-electron chi connectivity index (χ0n) is 25.8. The molecule has 0 aliphatic rings. The number of nitrogens with zero attached hydrogens (tertiary/aromatic N) is 4. The van der Waals surface area contributed by atoms with Gasteiger partial charge < -0.3 is 9.13 Å². The highest BCUT2D eigenvalue weighted by Crippen LogP contribution is 2.41. The lowest BCUT2D eigenvalue weighted by atomic mass is 9.89. The van der Waals surface area contributed by atoms with Crippen molar-refractivity contribution in [2.75, 3.05) is 0 Å². The predicted octanol–water partition coefficient (Wildman–Crippen LogP) is 11.0. The van der Waals surface area contributed by atoms with Gasteiger partial charge in [0.15, 0.2) is 0 Å². The standard InChI is InChI=1S/C44H26N4/c45-27-29-21-23-33(34-11-1-8-18-42(34)48-43-19-9-4-14-37(43)38-15-5-10-20-44(38)48)39(25-29)32-24-22-31(26-30(32)28-46)47-40-16-6-2-12-35(40)36-13-3-7-17-41(36)47/h1-26H. The van der Waals surface area contributed by atoms with Gasteiger partial charge in [-0.25, -0.2) is 0 Å². The van der Waals surface area contributed by atoms with E-state index in [2.05, 4.69) is 130 Å². The van der Waals surface area contributed by atoms with Crippen LogP contribution in [0.2, 0.25) is 0 Å². The van der Waals surface area contributed by atoms with Gasteiger partial charge in [-0.3, -0.25) is 0 Å². The summed E-state index contributed by atoms with van der Waals surface area (Å²) in [5.74, 6) is 0. The Bertz CT molecular complexity index is 2710. The smallest absolute Gasteiger partial charge is 0.0998 e. The molecule has 0 radical (unpaired) electrons. The van der Waals surface area contributed by atoms with Crippen LogP contribution in [0.1, 0.15) is 11.1 Å². The van der Waals surface area contributed by atoms with Crippen molar-refractivity contribution in [3.8, 4) is 45.8 Å². The molecule has 0 saturated heterocycles. The number of benzene rings is 7. The fraction of sp³-hybridized carbons (Fsp3) is 0. The number of fused-ring (bicyclic) bond motifs is 6. The summed E-state index contributed by atoms with van der Waals surface area (Å²) in [6.07, 6.45) is 0. The summed E-state index contributed by atoms with van der Waals surface area (Å²) in [7, 11) is 0. The van der Waals surface area contributed by atoms with E-state index >= 15 is 0 Å². The number of nitriles is 2. The Kier molecular flexibility index (Phi) is 6.22. The molecule has 7 aromatic carbocycles. The molecule has 0 spiro atoms. The Morgan fingerprint density at radius 3 is 1.44 bits per heavy atom. The van der Waals surface area contributed by atoms with Crippen molar-refractivity contribution >= 4 is 43.6 Å². The van der Waals surface area contributed by atoms with Crippen molar-refractivity contribution in [2.24, 2.45) is 0 Å². The minimum Gasteiger partial charge on any atom is -0.309 e. The average molecular weight is 611 g/mol. The van der Waals surface area contributed by atoms with Crippen molar-refractivity contribution in [3.63, 3.8) is 0 Å². The second kappa shape index (κ2) is 10.9. The van der Waals surface area contributed by atoms with Gasteiger partial charge in [0.25, 0.3) is 0 Å². The molecule has 222 valence electrons. The molecule has 0 N–H and O–H groups in total. The molecule has 0 bridgehead atoms. The summed E-state index contributed by atoms with van der Waals surface area (Å²) in [6.45, 7) is 0. The molecular weight excluding hydrogens is 585 g/mol. The molecule has 48 heavy (non-hydrogen) atoms. The van der Waals surface area contributed by atoms with E-state index in [4.69, 9.17) is 0 Å². The van der Waals surface area contributed by atoms with E-state index in [1.54, 1.807) is 0 Å². The van der Waals surface area contributed by atoms with Gasteiger partial charge in [0.1, 0.15) is 0 Å². The molecular formula is C44H26N4. The molecule has 4 heteroatoms. The topological polar surface area (TPSA) is 57.4 Å². The van der Waals surface area contributed by atoms with Crippen molar-refractivity contribution in [1.29, 1.82) is 10.5 Å². The Morgan fingerprint density at radius 2 is 0.875 bits per heavy atom. The highest BCUT2D eigenvalue weighted by atomic mass is 15.0. The van der Waals surface area contributed by atoms with E-state index in [1.165, 1.54) is 21.5 Å². The third-order valence-electron chi connectivity index (χ3n) is 9.42. The molecule has 0 aliphatic heterocycles. The summed E-state index contributed by atoms with van der Waals surface area (Å²) >= 11 is 0. The number of aromatic nitrogens is 2. The first-order valence-electron chi connectivity index (χ1n) is 15.9. The molecule has 0 saturated carbocycles. The molecule has 2 aromatic heterocycles. The van der Waals surface area contributed by atoms with Gasteiger partial charge in [-0.2, -0.15) is 10.5 Å². The molecule has 4 nitrogen and oxygen atoms in total. The minimum atomic E-state index is 0.540. The van der Waals surface area contributed by atoms with Crippen molar-refractivity contribution in [1.82, 2.24) is 9.13 Å². The quantitative estimate of drug-likeness (QED) is 0.199. The fourth-order valence-electron chi connectivity index (χ4n) is 7.35. The lowest BCUT2D eigenvalue weighted by Crippen LogP contribution is -1.99. The van der Waals surface area contributed by atoms with E-state index in [0.717, 1.165) is 55.7 Å². The second-order valence-electron chi connectivity index (χ2n) is 12.0. The van der Waals surface area contributed by atoms with Crippen LogP contribution in [0.4, 0.5) is 0 Å². The first kappa shape index (κ1) is 27.4. The lowest BCUT2D eigenvalue weighted by molar-refractivity contribution is 1.18. The van der Waals surface area contributed by atoms with Crippen LogP contribution >= 0.6 is 0 Å². The SMILES string of the molecule is N#Cc1ccc(-c2ccccc2-n2c3ccccc3c3ccccc32)c(-c2ccc(-n3c4ccccc4c4ccccc43)cc2C#N)c1. The van der Waals surface area contributed by atoms with Gasteiger partial charge >= 0.3 is 0 Å². The summed E-state index contributed by atoms with van der Waals surface area (Å²) in [5.41, 5.74) is 11.0. The van der Waals surface area contributed by atoms with E-state index in [-0.39, 0.29) is 0 Å². The predicted molar refractivity (Wildman–Crippen MR) is 195 cm³/mol. The lowest BCUT2D eigenvalue weighted by Gasteiger charge is -2.18. The third kappa shape index (κ3) is 4.07. The molecule has 9 rings (SSSR count). The van der Waals surface area contributed by atoms with Crippen LogP contribution in [0.25, 0.3) is 77.2 Å². The van der Waals surface area contributed by atoms with Crippen LogP contribution in [-0.4, -0.2) is 9.13 Å². The zero-order valence-corrected chi connectivity index (χ0v) is 25.8. The van der Waals surface area contributed by atoms with Gasteiger partial charge in [-0.1, -0.05) is 103 Å². The van der Waals surface area contributed by atoms with Crippen LogP contribution < -0.4 is 0 Å². The molecule has 9 aromatic rings. The van der Waals surface area contributed by atoms with E-state index in [1.807, 2.05) is 48.5 Å². The molecule has 2 heterocycles. The van der Waals surface area contributed by atoms with Gasteiger partial charge in [-0.15, -0.1) is 0 Å². The summed E-state index contributed by atoms with van der Waals surface area (Å²) < 4.78 is 4.54. The number of para-hydroxylation sites is 5. The van der Waals surface area contributed by atoms with Crippen molar-refractivity contribution < 1.29 is 0 Å². The highest BCUT2D eigenvalue weighted by molar-refractivity contribution is 6.10. The maximum absolute atomic E-state index is 10.6. The van der Waals surface area contributed by atoms with Crippen LogP contribution in [-0.2, 0) is 0 Å². The van der Waals surface area contributed by atoms with Crippen LogP contribution in [0.3, 0.4) is 0 Å². The van der Waals surface area contributed by atoms with Crippen molar-refractivity contribution in [2.45, 2.75) is 0 Å². The van der Waals surface area contributed by atoms with Crippen LogP contribution in [0, 0.1) is 22.7 Å². The maximum atomic E-state index is 10.6. The Hall–Kier alpha value is -6.88. The molecule has 0 aliphatic carbocycles. The monoisotopic (exact) mass is 610 g/mol. The summed E-state index contributed by atoms with van der Waals surface area (Å²) in [4.78, 5) is 0. The number of hydrogen-bond acceptors (Lipinski definition) is 2. The number of rotatable bonds is 4. The van der Waals surface area contributed by atoms with E-state index in [0.29, 0.717) is 11.1 Å². The fourth-order valence-corrected chi connectivity index (χ4v) is 7.35. The number of hydrogen-bond donors (Lipinski definition) is 0. The first-order chi connectivity index (χ1) is 23.7. The van der Waals surface area contributed by atoms with E-state index in [9.17, 15) is 10.5 Å². The van der Waals surface area contributed by atoms with Crippen molar-refractivity contribution in [3.05, 3.63) is 169 Å². The normalized spacial score (nSPS) is 11.3. The molecule has 0 amide bonds. The average Bonchev–Trinajstić information content (AvgIpc) is 3.67. The Balaban J connectivity index is 1.28. The van der Waals surface area contributed by atoms with Crippen LogP contribution in [0.5, 0.6) is 0 Å².